The first-order valence-corrected chi connectivity index (χ1v) is 11.9. The quantitative estimate of drug-likeness (QED) is 0.269. The molecule has 8 heteroatoms. The van der Waals surface area contributed by atoms with E-state index in [1.54, 1.807) is 0 Å². The van der Waals surface area contributed by atoms with Gasteiger partial charge in [-0.3, -0.25) is 0 Å². The molecule has 0 radical (unpaired) electrons. The van der Waals surface area contributed by atoms with Gasteiger partial charge in [0.2, 0.25) is 0 Å². The minimum Gasteiger partial charge on any atom is -0.382 e. The molecule has 2 heterocycles. The molecule has 2 aliphatic rings. The summed E-state index contributed by atoms with van der Waals surface area (Å²) >= 11 is 2.42. The Morgan fingerprint density at radius 2 is 1.93 bits per heavy atom. The van der Waals surface area contributed by atoms with Gasteiger partial charge in [0.05, 0.1) is 0 Å². The Hall–Kier alpha value is -1.81. The summed E-state index contributed by atoms with van der Waals surface area (Å²) in [7, 11) is 0. The van der Waals surface area contributed by atoms with Gasteiger partial charge in [0.15, 0.2) is 17.0 Å². The van der Waals surface area contributed by atoms with Gasteiger partial charge in [-0.2, -0.15) is 14.4 Å². The highest BCUT2D eigenvalue weighted by atomic mass is 127. The predicted octanol–water partition coefficient (Wildman–Crippen LogP) is 3.76. The van der Waals surface area contributed by atoms with E-state index < -0.39 is 6.08 Å². The van der Waals surface area contributed by atoms with Crippen LogP contribution in [0.2, 0.25) is 0 Å². The number of hydrogen-bond donors (Lipinski definition) is 2. The highest BCUT2D eigenvalue weighted by Gasteiger charge is 2.21. The summed E-state index contributed by atoms with van der Waals surface area (Å²) in [5.74, 6) is 0.985. The average molecular weight is 520 g/mol. The molecule has 1 saturated carbocycles. The third-order valence-electron chi connectivity index (χ3n) is 6.10. The van der Waals surface area contributed by atoms with Crippen molar-refractivity contribution >= 4 is 39.6 Å². The third-order valence-corrected chi connectivity index (χ3v) is 7.11. The fourth-order valence-electron chi connectivity index (χ4n) is 4.35. The molecule has 0 unspecified atom stereocenters. The number of nitrogens with one attached hydrogen (secondary N) is 1. The van der Waals surface area contributed by atoms with E-state index in [9.17, 15) is 4.39 Å². The molecule has 5 rings (SSSR count). The van der Waals surface area contributed by atoms with Gasteiger partial charge in [0, 0.05) is 22.6 Å². The van der Waals surface area contributed by atoms with Crippen molar-refractivity contribution in [3.05, 3.63) is 44.3 Å². The topological polar surface area (TPSA) is 81.7 Å². The van der Waals surface area contributed by atoms with Gasteiger partial charge in [0.25, 0.3) is 0 Å². The molecule has 0 amide bonds. The number of halogens is 2. The number of rotatable bonds is 8. The Kier molecular flexibility index (Phi) is 5.61. The lowest BCUT2D eigenvalue weighted by Gasteiger charge is -2.12. The zero-order valence-electron chi connectivity index (χ0n) is 16.9. The first-order chi connectivity index (χ1) is 14.6. The van der Waals surface area contributed by atoms with Crippen molar-refractivity contribution < 1.29 is 4.39 Å². The number of fused-ring (bicyclic) bond motifs is 2. The Morgan fingerprint density at radius 1 is 1.13 bits per heavy atom. The summed E-state index contributed by atoms with van der Waals surface area (Å²) in [4.78, 5) is 12.5. The molecule has 6 nitrogen and oxygen atoms in total. The number of nitrogens with zero attached hydrogens (tertiary/aromatic N) is 4. The molecule has 30 heavy (non-hydrogen) atoms. The van der Waals surface area contributed by atoms with Crippen LogP contribution in [0.3, 0.4) is 0 Å². The summed E-state index contributed by atoms with van der Waals surface area (Å²) in [6, 6.07) is 5.35. The monoisotopic (exact) mass is 520 g/mol. The summed E-state index contributed by atoms with van der Waals surface area (Å²) in [6.45, 7) is 1.76. The van der Waals surface area contributed by atoms with E-state index in [-0.39, 0.29) is 5.82 Å². The molecule has 0 bridgehead atoms. The van der Waals surface area contributed by atoms with Crippen molar-refractivity contribution in [2.75, 3.05) is 12.3 Å². The molecule has 0 saturated heterocycles. The molecule has 2 aromatic heterocycles. The Balaban J connectivity index is 1.43. The van der Waals surface area contributed by atoms with Crippen LogP contribution in [-0.2, 0) is 25.8 Å². The molecule has 2 aliphatic carbocycles. The number of unbranched alkanes of at least 4 members (excludes halogenated alkanes) is 1. The average Bonchev–Trinajstić information content (AvgIpc) is 3.32. The maximum atomic E-state index is 13.9. The summed E-state index contributed by atoms with van der Waals surface area (Å²) < 4.78 is 17.2. The van der Waals surface area contributed by atoms with E-state index >= 15 is 0 Å². The summed E-state index contributed by atoms with van der Waals surface area (Å²) in [5, 5.41) is 3.55. The lowest BCUT2D eigenvalue weighted by atomic mass is 10.0. The van der Waals surface area contributed by atoms with Crippen molar-refractivity contribution in [2.45, 2.75) is 64.0 Å². The molecule has 0 atom stereocenters. The van der Waals surface area contributed by atoms with Gasteiger partial charge in [-0.25, -0.2) is 4.98 Å². The fourth-order valence-corrected chi connectivity index (χ4v) is 5.07. The number of imidazole rings is 1. The molecule has 3 N–H and O–H groups in total. The second kappa shape index (κ2) is 8.37. The van der Waals surface area contributed by atoms with Gasteiger partial charge in [0.1, 0.15) is 5.82 Å². The lowest BCUT2D eigenvalue weighted by Crippen LogP contribution is -2.18. The third kappa shape index (κ3) is 4.16. The smallest absolute Gasteiger partial charge is 0.312 e. The molecule has 0 aliphatic heterocycles. The summed E-state index contributed by atoms with van der Waals surface area (Å²) in [6.07, 6.45) is 8.07. The zero-order valence-corrected chi connectivity index (χ0v) is 19.1. The number of nitrogen functional groups attached to an aromatic ring is 1. The minimum atomic E-state index is -0.796. The molecule has 1 fully saturated rings. The van der Waals surface area contributed by atoms with Crippen LogP contribution in [0.15, 0.2) is 12.1 Å². The second-order valence-electron chi connectivity index (χ2n) is 8.41. The molecule has 3 aromatic rings. The number of benzene rings is 1. The van der Waals surface area contributed by atoms with Crippen LogP contribution in [0.25, 0.3) is 11.2 Å². The van der Waals surface area contributed by atoms with Crippen LogP contribution in [0.5, 0.6) is 0 Å². The highest BCUT2D eigenvalue weighted by Crippen LogP contribution is 2.29. The van der Waals surface area contributed by atoms with E-state index in [2.05, 4.69) is 50.0 Å². The first kappa shape index (κ1) is 20.1. The maximum Gasteiger partial charge on any atom is 0.312 e. The van der Waals surface area contributed by atoms with E-state index in [0.29, 0.717) is 17.6 Å². The van der Waals surface area contributed by atoms with E-state index in [0.717, 1.165) is 44.2 Å². The molecular formula is C22H26FIN6. The molecular weight excluding hydrogens is 494 g/mol. The van der Waals surface area contributed by atoms with Crippen LogP contribution in [0, 0.1) is 9.65 Å². The number of nitrogens with two attached hydrogens (primary N) is 1. The number of aromatic nitrogens is 4. The summed E-state index contributed by atoms with van der Waals surface area (Å²) in [5.41, 5.74) is 11.2. The van der Waals surface area contributed by atoms with Crippen LogP contribution in [-0.4, -0.2) is 32.1 Å². The lowest BCUT2D eigenvalue weighted by molar-refractivity contribution is 0.535. The maximum absolute atomic E-state index is 13.9. The van der Waals surface area contributed by atoms with E-state index in [1.165, 1.54) is 45.9 Å². The number of aryl methyl sites for hydroxylation is 3. The van der Waals surface area contributed by atoms with Crippen molar-refractivity contribution in [1.82, 2.24) is 24.8 Å². The van der Waals surface area contributed by atoms with Gasteiger partial charge in [-0.1, -0.05) is 6.07 Å². The van der Waals surface area contributed by atoms with Gasteiger partial charge in [-0.05, 0) is 96.8 Å². The molecule has 158 valence electrons. The van der Waals surface area contributed by atoms with Crippen LogP contribution in [0.1, 0.15) is 54.6 Å². The SMILES string of the molecule is Nc1nc(F)nc2c1nc(Cc1cc3c(cc1I)CCC3)n2CCCCNC1CC1. The highest BCUT2D eigenvalue weighted by molar-refractivity contribution is 14.1. The van der Waals surface area contributed by atoms with Crippen molar-refractivity contribution in [3.63, 3.8) is 0 Å². The Morgan fingerprint density at radius 3 is 2.73 bits per heavy atom. The van der Waals surface area contributed by atoms with Gasteiger partial charge < -0.3 is 15.6 Å². The normalized spacial score (nSPS) is 15.8. The van der Waals surface area contributed by atoms with Gasteiger partial charge in [-0.15, -0.1) is 0 Å². The predicted molar refractivity (Wildman–Crippen MR) is 124 cm³/mol. The van der Waals surface area contributed by atoms with E-state index in [1.807, 2.05) is 4.57 Å². The van der Waals surface area contributed by atoms with Crippen molar-refractivity contribution in [1.29, 1.82) is 0 Å². The van der Waals surface area contributed by atoms with Gasteiger partial charge >= 0.3 is 6.08 Å². The van der Waals surface area contributed by atoms with Crippen LogP contribution < -0.4 is 11.1 Å². The first-order valence-electron chi connectivity index (χ1n) is 10.8. The zero-order chi connectivity index (χ0) is 20.7. The van der Waals surface area contributed by atoms with Crippen molar-refractivity contribution in [3.8, 4) is 0 Å². The standard InChI is InChI=1S/C22H26FIN6/c23-22-28-20(25)19-21(29-22)30(9-2-1-8-26-16-6-7-16)18(27-19)12-15-10-13-4-3-5-14(13)11-17(15)24/h10-11,16,26H,1-9,12H2,(H2,25,28,29). The van der Waals surface area contributed by atoms with E-state index in [4.69, 9.17) is 10.7 Å². The molecule has 1 aromatic carbocycles. The second-order valence-corrected chi connectivity index (χ2v) is 9.57. The Labute approximate surface area is 189 Å². The number of hydrogen-bond acceptors (Lipinski definition) is 5. The van der Waals surface area contributed by atoms with Crippen molar-refractivity contribution in [2.24, 2.45) is 0 Å². The minimum absolute atomic E-state index is 0.108. The molecule has 0 spiro atoms. The largest absolute Gasteiger partial charge is 0.382 e. The van der Waals surface area contributed by atoms with Crippen LogP contribution >= 0.6 is 22.6 Å². The number of anilines is 1. The fraction of sp³-hybridized carbons (Fsp3) is 0.500. The van der Waals surface area contributed by atoms with Crippen LogP contribution in [0.4, 0.5) is 10.2 Å². The Bertz CT molecular complexity index is 1090.